The summed E-state index contributed by atoms with van der Waals surface area (Å²) in [5.41, 5.74) is -3.84. The van der Waals surface area contributed by atoms with E-state index >= 15 is 0 Å². The Morgan fingerprint density at radius 1 is 0.576 bits per heavy atom. The van der Waals surface area contributed by atoms with E-state index in [1.165, 1.54) is 0 Å². The van der Waals surface area contributed by atoms with E-state index in [1.54, 1.807) is 0 Å². The zero-order chi connectivity index (χ0) is 26.1. The van der Waals surface area contributed by atoms with Crippen molar-refractivity contribution >= 4 is 74.4 Å². The highest BCUT2D eigenvalue weighted by atomic mass is 32.1. The van der Waals surface area contributed by atoms with Gasteiger partial charge in [0.15, 0.2) is 0 Å². The van der Waals surface area contributed by atoms with Gasteiger partial charge in [-0.25, -0.2) is 0 Å². The van der Waals surface area contributed by atoms with Crippen LogP contribution in [0.4, 0.5) is 0 Å². The minimum Gasteiger partial charge on any atom is -0.480 e. The molecular weight excluding hydrogens is 520 g/mol. The third-order valence-electron chi connectivity index (χ3n) is 6.02. The normalized spacial score (nSPS) is 18.4. The predicted molar refractivity (Wildman–Crippen MR) is 130 cm³/mol. The van der Waals surface area contributed by atoms with Crippen molar-refractivity contribution in [3.63, 3.8) is 0 Å². The Labute approximate surface area is 212 Å². The molecule has 33 heavy (non-hydrogen) atoms. The maximum absolute atomic E-state index is 11.7. The third kappa shape index (κ3) is 8.11. The van der Waals surface area contributed by atoms with Crippen molar-refractivity contribution in [1.29, 1.82) is 0 Å². The Morgan fingerprint density at radius 2 is 0.848 bits per heavy atom. The molecule has 4 unspecified atom stereocenters. The molecule has 0 radical (unpaired) electrons. The van der Waals surface area contributed by atoms with Gasteiger partial charge in [-0.15, -0.1) is 0 Å². The Hall–Kier alpha value is -0.840. The topological polar surface area (TPSA) is 210 Å². The molecule has 4 atom stereocenters. The van der Waals surface area contributed by atoms with Crippen LogP contribution in [0.25, 0.3) is 0 Å². The van der Waals surface area contributed by atoms with Gasteiger partial charge >= 0.3 is 23.9 Å². The Kier molecular flexibility index (Phi) is 13.5. The lowest BCUT2D eigenvalue weighted by atomic mass is 9.52. The van der Waals surface area contributed by atoms with Crippen LogP contribution in [0.5, 0.6) is 0 Å². The Balaban J connectivity index is 7.21. The molecule has 0 aliphatic heterocycles. The highest BCUT2D eigenvalue weighted by Crippen LogP contribution is 2.56. The lowest BCUT2D eigenvalue weighted by Gasteiger charge is -2.55. The van der Waals surface area contributed by atoms with Crippen LogP contribution in [-0.2, 0) is 19.2 Å². The number of aliphatic hydroxyl groups excluding tert-OH is 3. The van der Waals surface area contributed by atoms with Crippen LogP contribution in [0.2, 0.25) is 0 Å². The number of rotatable bonds is 17. The lowest BCUT2D eigenvalue weighted by molar-refractivity contribution is -0.155. The molecule has 7 N–H and O–H groups in total. The zero-order valence-corrected chi connectivity index (χ0v) is 21.0. The largest absolute Gasteiger partial charge is 0.480 e. The van der Waals surface area contributed by atoms with Crippen molar-refractivity contribution in [2.45, 2.75) is 46.7 Å². The fourth-order valence-electron chi connectivity index (χ4n) is 4.06. The number of hydrogen-bond acceptors (Lipinski definition) is 11. The van der Waals surface area contributed by atoms with Gasteiger partial charge in [-0.3, -0.25) is 19.2 Å². The summed E-state index contributed by atoms with van der Waals surface area (Å²) >= 11 is 16.0. The molecule has 0 aliphatic rings. The summed E-state index contributed by atoms with van der Waals surface area (Å²) in [6, 6.07) is 0. The van der Waals surface area contributed by atoms with E-state index in [0.717, 1.165) is 0 Å². The van der Waals surface area contributed by atoms with Crippen LogP contribution in [0, 0.1) is 16.7 Å². The fraction of sp³-hybridized carbons (Fsp3) is 0.778. The monoisotopic (exact) mass is 550 g/mol. The second kappa shape index (κ2) is 13.9. The predicted octanol–water partition coefficient (Wildman–Crippen LogP) is -0.355. The van der Waals surface area contributed by atoms with Crippen LogP contribution in [0.1, 0.15) is 25.7 Å². The quantitative estimate of drug-likeness (QED) is 0.105. The highest BCUT2D eigenvalue weighted by molar-refractivity contribution is 7.82. The van der Waals surface area contributed by atoms with Gasteiger partial charge in [-0.2, -0.15) is 50.5 Å². The van der Waals surface area contributed by atoms with E-state index in [9.17, 15) is 54.9 Å². The number of carboxylic acids is 4. The van der Waals surface area contributed by atoms with Gasteiger partial charge in [-0.1, -0.05) is 0 Å². The molecule has 0 aliphatic carbocycles. The summed E-state index contributed by atoms with van der Waals surface area (Å²) < 4.78 is 0. The molecule has 0 bridgehead atoms. The van der Waals surface area contributed by atoms with E-state index in [2.05, 4.69) is 50.5 Å². The molecule has 0 amide bonds. The number of carbonyl (C=O) groups is 4. The average molecular weight is 551 g/mol. The van der Waals surface area contributed by atoms with E-state index in [4.69, 9.17) is 0 Å². The van der Waals surface area contributed by atoms with Crippen LogP contribution < -0.4 is 0 Å². The number of aliphatic carboxylic acids is 4. The van der Waals surface area contributed by atoms with Crippen LogP contribution in [-0.4, -0.2) is 100 Å². The van der Waals surface area contributed by atoms with Gasteiger partial charge in [0.2, 0.25) is 0 Å². The lowest BCUT2D eigenvalue weighted by Crippen LogP contribution is -2.58. The minimum absolute atomic E-state index is 0.426. The van der Waals surface area contributed by atoms with Gasteiger partial charge in [0.25, 0.3) is 0 Å². The first kappa shape index (κ1) is 32.2. The van der Waals surface area contributed by atoms with Crippen LogP contribution in [0.15, 0.2) is 0 Å². The summed E-state index contributed by atoms with van der Waals surface area (Å²) in [7, 11) is 0. The van der Waals surface area contributed by atoms with Crippen molar-refractivity contribution in [3.8, 4) is 0 Å². The minimum atomic E-state index is -1.97. The molecule has 0 saturated carbocycles. The molecule has 11 nitrogen and oxygen atoms in total. The second-order valence-corrected chi connectivity index (χ2v) is 10.4. The third-order valence-corrected chi connectivity index (χ3v) is 7.69. The smallest absolute Gasteiger partial charge is 0.316 e. The molecule has 0 aromatic rings. The molecule has 0 spiro atoms. The summed E-state index contributed by atoms with van der Waals surface area (Å²) in [6.45, 7) is -2.90. The number of carboxylic acid groups (broad SMARTS) is 4. The summed E-state index contributed by atoms with van der Waals surface area (Å²) in [4.78, 5) is 46.4. The van der Waals surface area contributed by atoms with Gasteiger partial charge in [-0.05, 0) is 37.0 Å². The van der Waals surface area contributed by atoms with Crippen molar-refractivity contribution in [2.75, 3.05) is 19.8 Å². The van der Waals surface area contributed by atoms with Gasteiger partial charge in [0.05, 0.1) is 40.8 Å². The first-order valence-corrected chi connectivity index (χ1v) is 11.7. The van der Waals surface area contributed by atoms with Crippen LogP contribution in [0.3, 0.4) is 0 Å². The van der Waals surface area contributed by atoms with E-state index in [1.807, 2.05) is 0 Å². The highest BCUT2D eigenvalue weighted by Gasteiger charge is 2.57. The maximum atomic E-state index is 11.7. The first-order chi connectivity index (χ1) is 15.1. The van der Waals surface area contributed by atoms with Crippen molar-refractivity contribution in [1.82, 2.24) is 0 Å². The Morgan fingerprint density at radius 3 is 1.06 bits per heavy atom. The van der Waals surface area contributed by atoms with E-state index in [0.29, 0.717) is 0 Å². The van der Waals surface area contributed by atoms with E-state index in [-0.39, 0.29) is 0 Å². The van der Waals surface area contributed by atoms with Gasteiger partial charge < -0.3 is 35.7 Å². The van der Waals surface area contributed by atoms with E-state index < -0.39 is 107 Å². The van der Waals surface area contributed by atoms with Gasteiger partial charge in [0, 0.05) is 5.41 Å². The summed E-state index contributed by atoms with van der Waals surface area (Å²) in [5.74, 6) is -6.89. The first-order valence-electron chi connectivity index (χ1n) is 9.60. The Bertz CT molecular complexity index is 649. The molecule has 15 heteroatoms. The van der Waals surface area contributed by atoms with Crippen molar-refractivity contribution in [2.24, 2.45) is 16.7 Å². The molecule has 0 rings (SSSR count). The maximum Gasteiger partial charge on any atom is 0.316 e. The molecule has 0 heterocycles. The number of hydrogen-bond donors (Lipinski definition) is 11. The number of aliphatic hydroxyl groups is 3. The molecule has 0 aromatic heterocycles. The second-order valence-electron chi connectivity index (χ2n) is 7.90. The summed E-state index contributed by atoms with van der Waals surface area (Å²) in [6.07, 6.45) is -1.99. The molecule has 192 valence electrons. The number of thiol groups is 4. The SMILES string of the molecule is O=C(O)C(S)CC(CC(S)C(=O)O)C(CC(S)C(=O)O)(CC(S)C(=O)O)C(CO)(CO)CO. The van der Waals surface area contributed by atoms with Crippen LogP contribution >= 0.6 is 50.5 Å². The fourth-order valence-corrected chi connectivity index (χ4v) is 5.22. The summed E-state index contributed by atoms with van der Waals surface area (Å²) in [5, 5.41) is 62.5. The zero-order valence-electron chi connectivity index (χ0n) is 17.4. The molecule has 0 aromatic carbocycles. The van der Waals surface area contributed by atoms with Gasteiger partial charge in [0.1, 0.15) is 0 Å². The molecular formula is C18H30O11S4. The van der Waals surface area contributed by atoms with Crippen molar-refractivity contribution in [3.05, 3.63) is 0 Å². The standard InChI is InChI=1S/C18H30O11S4/c19-5-17(6-20,7-21)18(3-11(32)15(26)27,4-12(33)16(28)29)8(1-9(30)13(22)23)2-10(31)14(24)25/h8-12,19-21,30-33H,1-7H2,(H,22,23)(H,24,25)(H,26,27)(H,28,29). The average Bonchev–Trinajstić information content (AvgIpc) is 2.73. The van der Waals surface area contributed by atoms with Crippen molar-refractivity contribution < 1.29 is 54.9 Å². The molecule has 0 saturated heterocycles. The molecule has 0 fully saturated rings.